The molecule has 1 aromatic heterocycles. The number of benzene rings is 1. The van der Waals surface area contributed by atoms with Gasteiger partial charge < -0.3 is 19.6 Å². The molecule has 36 heavy (non-hydrogen) atoms. The van der Waals surface area contributed by atoms with Crippen molar-refractivity contribution in [3.05, 3.63) is 58.5 Å². The van der Waals surface area contributed by atoms with Gasteiger partial charge in [-0.15, -0.1) is 0 Å². The molecule has 1 aliphatic carbocycles. The van der Waals surface area contributed by atoms with Crippen LogP contribution in [0.15, 0.2) is 36.5 Å². The fraction of sp³-hybridized carbons (Fsp3) is 0.536. The first-order valence-electron chi connectivity index (χ1n) is 13.7. The third-order valence-corrected chi connectivity index (χ3v) is 8.03. The first-order chi connectivity index (χ1) is 18.2. The Labute approximate surface area is 223 Å². The predicted molar refractivity (Wildman–Crippen MR) is 142 cm³/mol. The molecule has 0 radical (unpaired) electrons. The van der Waals surface area contributed by atoms with Crippen LogP contribution in [0.4, 0.5) is 11.5 Å². The molecule has 8 heteroatoms. The quantitative estimate of drug-likeness (QED) is 0.520. The van der Waals surface area contributed by atoms with E-state index in [2.05, 4.69) is 14.7 Å². The van der Waals surface area contributed by atoms with Crippen molar-refractivity contribution in [2.45, 2.75) is 52.7 Å². The topological polar surface area (TPSA) is 70.3 Å². The Kier molecular flexibility index (Phi) is 6.16. The highest BCUT2D eigenvalue weighted by Crippen LogP contribution is 2.58. The number of nitrogens with zero attached hydrogens (tertiary/aromatic N) is 4. The molecule has 2 fully saturated rings. The van der Waals surface area contributed by atoms with Gasteiger partial charge in [-0.25, -0.2) is 9.83 Å². The number of anilines is 1. The Bertz CT molecular complexity index is 1240. The van der Waals surface area contributed by atoms with Crippen molar-refractivity contribution in [2.24, 2.45) is 16.7 Å². The van der Waals surface area contributed by atoms with Gasteiger partial charge in [0, 0.05) is 53.9 Å². The van der Waals surface area contributed by atoms with Crippen molar-refractivity contribution in [1.29, 1.82) is 0 Å². The molecule has 2 heterocycles. The van der Waals surface area contributed by atoms with Crippen LogP contribution in [0.3, 0.4) is 0 Å². The van der Waals surface area contributed by atoms with E-state index in [1.807, 2.05) is 27.7 Å². The number of halogens is 1. The molecular weight excluding hydrogens is 476 g/mol. The summed E-state index contributed by atoms with van der Waals surface area (Å²) in [5.41, 5.74) is -0.911. The highest BCUT2D eigenvalue weighted by molar-refractivity contribution is 6.33. The van der Waals surface area contributed by atoms with Crippen molar-refractivity contribution in [1.82, 2.24) is 9.88 Å². The zero-order chi connectivity index (χ0) is 28.8. The second-order valence-electron chi connectivity index (χ2n) is 11.0. The minimum Gasteiger partial charge on any atom is -0.489 e. The van der Waals surface area contributed by atoms with Crippen LogP contribution in [0.25, 0.3) is 4.85 Å². The highest BCUT2D eigenvalue weighted by Gasteiger charge is 2.65. The van der Waals surface area contributed by atoms with Crippen molar-refractivity contribution < 1.29 is 18.8 Å². The van der Waals surface area contributed by atoms with Crippen LogP contribution >= 0.6 is 11.6 Å². The van der Waals surface area contributed by atoms with Crippen LogP contribution in [0.2, 0.25) is 5.02 Å². The molecule has 1 saturated carbocycles. The number of hydrogen-bond donors (Lipinski definition) is 1. The van der Waals surface area contributed by atoms with Gasteiger partial charge in [-0.3, -0.25) is 4.79 Å². The van der Waals surface area contributed by atoms with Crippen molar-refractivity contribution in [3.8, 4) is 5.75 Å². The van der Waals surface area contributed by atoms with Crippen LogP contribution in [-0.2, 0) is 0 Å². The summed E-state index contributed by atoms with van der Waals surface area (Å²) < 4.78 is 31.2. The number of carbonyl (C=O) groups excluding carboxylic acids is 1. The third-order valence-electron chi connectivity index (χ3n) is 7.72. The van der Waals surface area contributed by atoms with E-state index in [0.717, 1.165) is 36.6 Å². The Morgan fingerprint density at radius 3 is 2.50 bits per heavy atom. The third kappa shape index (κ3) is 4.65. The van der Waals surface area contributed by atoms with E-state index in [1.54, 1.807) is 30.3 Å². The molecule has 0 unspecified atom stereocenters. The number of piperidine rings is 1. The summed E-state index contributed by atoms with van der Waals surface area (Å²) in [6.07, 6.45) is 2.76. The van der Waals surface area contributed by atoms with E-state index in [0.29, 0.717) is 17.4 Å². The lowest BCUT2D eigenvalue weighted by atomic mass is 9.49. The molecule has 1 amide bonds. The smallest absolute Gasteiger partial charge is 0.255 e. The fourth-order valence-electron chi connectivity index (χ4n) is 6.17. The van der Waals surface area contributed by atoms with Crippen molar-refractivity contribution in [2.75, 3.05) is 31.6 Å². The van der Waals surface area contributed by atoms with E-state index in [-0.39, 0.29) is 17.2 Å². The second kappa shape index (κ2) is 9.91. The normalized spacial score (nSPS) is 24.5. The van der Waals surface area contributed by atoms with E-state index in [4.69, 9.17) is 27.0 Å². The lowest BCUT2D eigenvalue weighted by Gasteiger charge is -2.65. The van der Waals surface area contributed by atoms with Crippen molar-refractivity contribution >= 4 is 29.0 Å². The van der Waals surface area contributed by atoms with Gasteiger partial charge in [-0.05, 0) is 43.0 Å². The number of ether oxygens (including phenoxy) is 1. The van der Waals surface area contributed by atoms with Crippen LogP contribution in [0, 0.1) is 23.3 Å². The number of pyridine rings is 1. The maximum absolute atomic E-state index is 13.7. The molecule has 1 N–H and O–H groups in total. The Hall–Kier alpha value is -2.82. The number of amides is 1. The molecule has 0 atom stereocenters. The minimum atomic E-state index is -2.69. The lowest BCUT2D eigenvalue weighted by molar-refractivity contribution is -0.195. The second-order valence-corrected chi connectivity index (χ2v) is 11.4. The highest BCUT2D eigenvalue weighted by atomic mass is 35.5. The Morgan fingerprint density at radius 2 is 1.97 bits per heavy atom. The Balaban J connectivity index is 1.56. The molecule has 4 rings (SSSR count). The molecule has 1 aliphatic heterocycles. The Morgan fingerprint density at radius 1 is 1.28 bits per heavy atom. The summed E-state index contributed by atoms with van der Waals surface area (Å²) in [4.78, 5) is 24.7. The van der Waals surface area contributed by atoms with E-state index >= 15 is 0 Å². The summed E-state index contributed by atoms with van der Waals surface area (Å²) in [5.74, 6) is 0.893. The molecule has 7 nitrogen and oxygen atoms in total. The summed E-state index contributed by atoms with van der Waals surface area (Å²) in [7, 11) is 0. The van der Waals surface area contributed by atoms with Gasteiger partial charge in [0.2, 0.25) is 5.69 Å². The van der Waals surface area contributed by atoms with Gasteiger partial charge in [0.05, 0.1) is 17.2 Å². The largest absolute Gasteiger partial charge is 0.489 e. The number of aliphatic hydroxyl groups is 1. The SMILES string of the molecule is [2H]C([2H])([2H])N(C(=O)c1ccc(N2CCC(CO)CC2)nc1)C1C(C)(C)C(Oc2ccc([N+]#[C-])c(Cl)c2)C1(C)C. The summed E-state index contributed by atoms with van der Waals surface area (Å²) in [6, 6.07) is 7.57. The van der Waals surface area contributed by atoms with E-state index < -0.39 is 35.9 Å². The molecule has 0 bridgehead atoms. The van der Waals surface area contributed by atoms with Gasteiger partial charge >= 0.3 is 0 Å². The summed E-state index contributed by atoms with van der Waals surface area (Å²) in [6.45, 7) is 13.8. The van der Waals surface area contributed by atoms with E-state index in [9.17, 15) is 9.90 Å². The molecular formula is C28H35ClN4O3. The zero-order valence-electron chi connectivity index (χ0n) is 24.2. The molecule has 1 aromatic carbocycles. The van der Waals surface area contributed by atoms with Gasteiger partial charge in [-0.1, -0.05) is 45.4 Å². The number of carbonyl (C=O) groups is 1. The van der Waals surface area contributed by atoms with Crippen LogP contribution in [-0.4, -0.2) is 59.7 Å². The first-order valence-corrected chi connectivity index (χ1v) is 12.6. The molecule has 2 aromatic rings. The lowest BCUT2D eigenvalue weighted by Crippen LogP contribution is -2.74. The van der Waals surface area contributed by atoms with E-state index in [1.165, 1.54) is 6.20 Å². The standard InChI is InChI=1S/C28H35ClN4O3/c1-27(2)25(28(3,4)26(27)36-20-8-9-22(30-5)21(29)15-20)32(6)24(35)19-7-10-23(31-16-19)33-13-11-18(17-34)12-14-33/h7-10,15-16,18,25-26,34H,11-14,17H2,1-4,6H3/i6D3. The zero-order valence-corrected chi connectivity index (χ0v) is 21.9. The summed E-state index contributed by atoms with van der Waals surface area (Å²) in [5, 5.41) is 9.66. The predicted octanol–water partition coefficient (Wildman–Crippen LogP) is 5.45. The van der Waals surface area contributed by atoms with Gasteiger partial charge in [-0.2, -0.15) is 0 Å². The average Bonchev–Trinajstić information content (AvgIpc) is 2.89. The fourth-order valence-corrected chi connectivity index (χ4v) is 6.38. The minimum absolute atomic E-state index is 0.182. The van der Waals surface area contributed by atoms with Gasteiger partial charge in [0.1, 0.15) is 17.7 Å². The van der Waals surface area contributed by atoms with Gasteiger partial charge in [0.25, 0.3) is 5.91 Å². The number of hydrogen-bond acceptors (Lipinski definition) is 5. The number of aliphatic hydroxyl groups excluding tert-OH is 1. The molecule has 0 spiro atoms. The summed E-state index contributed by atoms with van der Waals surface area (Å²) >= 11 is 6.20. The monoisotopic (exact) mass is 513 g/mol. The molecule has 192 valence electrons. The average molecular weight is 514 g/mol. The van der Waals surface area contributed by atoms with Crippen molar-refractivity contribution in [3.63, 3.8) is 0 Å². The first kappa shape index (κ1) is 22.4. The van der Waals surface area contributed by atoms with Crippen LogP contribution < -0.4 is 9.64 Å². The number of aromatic nitrogens is 1. The molecule has 1 saturated heterocycles. The maximum Gasteiger partial charge on any atom is 0.255 e. The van der Waals surface area contributed by atoms with Gasteiger partial charge in [0.15, 0.2) is 0 Å². The van der Waals surface area contributed by atoms with Crippen LogP contribution in [0.1, 0.15) is 55.0 Å². The molecule has 2 aliphatic rings. The van der Waals surface area contributed by atoms with Crippen LogP contribution in [0.5, 0.6) is 5.75 Å². The number of rotatable bonds is 6. The maximum atomic E-state index is 13.7.